The average Bonchev–Trinajstić information content (AvgIpc) is 3.19. The van der Waals surface area contributed by atoms with Crippen molar-refractivity contribution >= 4 is 5.69 Å². The van der Waals surface area contributed by atoms with Crippen LogP contribution in [0.15, 0.2) is 24.3 Å². The molecule has 1 heteroatoms. The molecule has 0 atom stereocenters. The maximum absolute atomic E-state index is 2.41. The predicted octanol–water partition coefficient (Wildman–Crippen LogP) is 19.6. The molecule has 0 unspecified atom stereocenters. The molecule has 0 aromatic heterocycles. The predicted molar refractivity (Wildman–Crippen MR) is 253 cm³/mol. The second kappa shape index (κ2) is 44.1. The minimum absolute atomic E-state index is 1.18. The maximum atomic E-state index is 2.41. The van der Waals surface area contributed by atoms with Gasteiger partial charge in [-0.1, -0.05) is 301 Å². The highest BCUT2D eigenvalue weighted by atomic mass is 15.1. The van der Waals surface area contributed by atoms with E-state index in [9.17, 15) is 0 Å². The van der Waals surface area contributed by atoms with Crippen molar-refractivity contribution in [2.45, 2.75) is 296 Å². The van der Waals surface area contributed by atoms with Gasteiger partial charge in [-0.2, -0.15) is 0 Å². The van der Waals surface area contributed by atoms with E-state index >= 15 is 0 Å². The van der Waals surface area contributed by atoms with Crippen molar-refractivity contribution in [3.8, 4) is 0 Å². The van der Waals surface area contributed by atoms with Crippen LogP contribution < -0.4 is 4.90 Å². The van der Waals surface area contributed by atoms with Crippen LogP contribution in [0.25, 0.3) is 0 Å². The van der Waals surface area contributed by atoms with Crippen molar-refractivity contribution in [2.75, 3.05) is 18.5 Å². The monoisotopic (exact) mass is 766 g/mol. The van der Waals surface area contributed by atoms with Crippen molar-refractivity contribution in [3.63, 3.8) is 0 Å². The van der Waals surface area contributed by atoms with Gasteiger partial charge in [0.2, 0.25) is 0 Å². The second-order valence-corrected chi connectivity index (χ2v) is 18.5. The Labute approximate surface area is 349 Å². The Hall–Kier alpha value is -0.980. The molecule has 324 valence electrons. The highest BCUT2D eigenvalue weighted by Crippen LogP contribution is 2.19. The minimum Gasteiger partial charge on any atom is -0.375 e. The lowest BCUT2D eigenvalue weighted by Crippen LogP contribution is -2.18. The Bertz CT molecular complexity index is 828. The summed E-state index contributed by atoms with van der Waals surface area (Å²) in [6, 6.07) is 8.95. The first-order valence-corrected chi connectivity index (χ1v) is 26.0. The Morgan fingerprint density at radius 1 is 0.273 bits per heavy atom. The summed E-state index contributed by atoms with van der Waals surface area (Å²) in [7, 11) is 2.23. The van der Waals surface area contributed by atoms with E-state index in [1.807, 2.05) is 0 Å². The molecule has 0 N–H and O–H groups in total. The summed E-state index contributed by atoms with van der Waals surface area (Å²) in [5.74, 6) is 0. The van der Waals surface area contributed by atoms with Crippen molar-refractivity contribution in [1.82, 2.24) is 0 Å². The van der Waals surface area contributed by atoms with Gasteiger partial charge in [0, 0.05) is 19.3 Å². The zero-order chi connectivity index (χ0) is 39.4. The molecule has 1 aromatic rings. The SMILES string of the molecule is CCCCCCCCCCCCCCCCCCCCCCCCCCCCCCCCCCCCCCCCCCCCCCN(C)c1ccc(C)cc1. The zero-order valence-corrected chi connectivity index (χ0v) is 38.6. The highest BCUT2D eigenvalue weighted by Gasteiger charge is 2.01. The van der Waals surface area contributed by atoms with Crippen LogP contribution in [0.2, 0.25) is 0 Å². The van der Waals surface area contributed by atoms with E-state index in [0.29, 0.717) is 0 Å². The van der Waals surface area contributed by atoms with Gasteiger partial charge in [-0.05, 0) is 25.5 Å². The molecule has 0 radical (unpaired) electrons. The van der Waals surface area contributed by atoms with E-state index in [0.717, 1.165) is 0 Å². The van der Waals surface area contributed by atoms with Crippen LogP contribution in [0.5, 0.6) is 0 Å². The Morgan fingerprint density at radius 3 is 0.655 bits per heavy atom. The fraction of sp³-hybridized carbons (Fsp3) is 0.889. The largest absolute Gasteiger partial charge is 0.375 e. The molecule has 1 aromatic carbocycles. The third-order valence-electron chi connectivity index (χ3n) is 12.8. The lowest BCUT2D eigenvalue weighted by atomic mass is 10.0. The molecule has 1 nitrogen and oxygen atoms in total. The van der Waals surface area contributed by atoms with E-state index in [2.05, 4.69) is 50.1 Å². The molecular weight excluding hydrogens is 663 g/mol. The summed E-state index contributed by atoms with van der Waals surface area (Å²) >= 11 is 0. The maximum Gasteiger partial charge on any atom is 0.0363 e. The van der Waals surface area contributed by atoms with Gasteiger partial charge < -0.3 is 4.90 Å². The molecule has 0 bridgehead atoms. The molecule has 0 heterocycles. The average molecular weight is 766 g/mol. The van der Waals surface area contributed by atoms with Gasteiger partial charge >= 0.3 is 0 Å². The Balaban J connectivity index is 1.62. The number of benzene rings is 1. The Morgan fingerprint density at radius 2 is 0.455 bits per heavy atom. The smallest absolute Gasteiger partial charge is 0.0363 e. The molecule has 0 aliphatic heterocycles. The quantitative estimate of drug-likeness (QED) is 0.0598. The molecule has 55 heavy (non-hydrogen) atoms. The lowest BCUT2D eigenvalue weighted by Gasteiger charge is -2.19. The molecule has 0 saturated carbocycles. The van der Waals surface area contributed by atoms with Crippen LogP contribution in [-0.4, -0.2) is 13.6 Å². The third-order valence-corrected chi connectivity index (χ3v) is 12.8. The van der Waals surface area contributed by atoms with E-state index in [-0.39, 0.29) is 0 Å². The van der Waals surface area contributed by atoms with Crippen LogP contribution in [0.1, 0.15) is 295 Å². The van der Waals surface area contributed by atoms with Gasteiger partial charge in [0.15, 0.2) is 0 Å². The van der Waals surface area contributed by atoms with Crippen LogP contribution in [0.3, 0.4) is 0 Å². The van der Waals surface area contributed by atoms with Gasteiger partial charge in [0.1, 0.15) is 0 Å². The van der Waals surface area contributed by atoms with Crippen LogP contribution in [0, 0.1) is 6.92 Å². The fourth-order valence-corrected chi connectivity index (χ4v) is 8.78. The lowest BCUT2D eigenvalue weighted by molar-refractivity contribution is 0.508. The molecule has 0 saturated heterocycles. The van der Waals surface area contributed by atoms with E-state index in [1.165, 1.54) is 300 Å². The minimum atomic E-state index is 1.18. The molecule has 0 fully saturated rings. The molecule has 0 amide bonds. The van der Waals surface area contributed by atoms with Crippen LogP contribution >= 0.6 is 0 Å². The van der Waals surface area contributed by atoms with Crippen LogP contribution in [0.4, 0.5) is 5.69 Å². The topological polar surface area (TPSA) is 3.24 Å². The number of hydrogen-bond donors (Lipinski definition) is 0. The zero-order valence-electron chi connectivity index (χ0n) is 38.6. The summed E-state index contributed by atoms with van der Waals surface area (Å²) in [5.41, 5.74) is 2.70. The molecule has 0 aliphatic rings. The number of aryl methyl sites for hydroxylation is 1. The third kappa shape index (κ3) is 39.6. The van der Waals surface area contributed by atoms with Gasteiger partial charge in [-0.3, -0.25) is 0 Å². The second-order valence-electron chi connectivity index (χ2n) is 18.5. The van der Waals surface area contributed by atoms with E-state index in [1.54, 1.807) is 0 Å². The summed E-state index contributed by atoms with van der Waals surface area (Å²) in [4.78, 5) is 2.41. The Kier molecular flexibility index (Phi) is 41.8. The number of hydrogen-bond acceptors (Lipinski definition) is 1. The number of rotatable bonds is 46. The van der Waals surface area contributed by atoms with Gasteiger partial charge in [0.25, 0.3) is 0 Å². The first-order chi connectivity index (χ1) is 27.2. The standard InChI is InChI=1S/C54H103N/c1-4-5-6-7-8-9-10-11-12-13-14-15-16-17-18-19-20-21-22-23-24-25-26-27-28-29-30-31-32-33-34-35-36-37-38-39-40-41-42-43-44-45-46-47-52-55(3)54-50-48-53(2)49-51-54/h48-51H,4-47,52H2,1-3H3. The van der Waals surface area contributed by atoms with Crippen molar-refractivity contribution in [3.05, 3.63) is 29.8 Å². The summed E-state index contributed by atoms with van der Waals surface area (Å²) < 4.78 is 0. The molecule has 0 spiro atoms. The van der Waals surface area contributed by atoms with Crippen molar-refractivity contribution in [1.29, 1.82) is 0 Å². The highest BCUT2D eigenvalue weighted by molar-refractivity contribution is 5.46. The number of unbranched alkanes of at least 4 members (excludes halogenated alkanes) is 43. The van der Waals surface area contributed by atoms with Crippen molar-refractivity contribution in [2.24, 2.45) is 0 Å². The molecule has 1 rings (SSSR count). The summed E-state index contributed by atoms with van der Waals surface area (Å²) in [5, 5.41) is 0. The summed E-state index contributed by atoms with van der Waals surface area (Å²) in [6.45, 7) is 5.66. The molecular formula is C54H103N. The normalized spacial score (nSPS) is 11.5. The molecule has 0 aliphatic carbocycles. The first-order valence-electron chi connectivity index (χ1n) is 26.0. The van der Waals surface area contributed by atoms with E-state index < -0.39 is 0 Å². The van der Waals surface area contributed by atoms with Crippen LogP contribution in [-0.2, 0) is 0 Å². The number of nitrogens with zero attached hydrogens (tertiary/aromatic N) is 1. The van der Waals surface area contributed by atoms with Gasteiger partial charge in [-0.25, -0.2) is 0 Å². The van der Waals surface area contributed by atoms with Gasteiger partial charge in [-0.15, -0.1) is 0 Å². The fourth-order valence-electron chi connectivity index (χ4n) is 8.78. The van der Waals surface area contributed by atoms with Crippen molar-refractivity contribution < 1.29 is 0 Å². The summed E-state index contributed by atoms with van der Waals surface area (Å²) in [6.07, 6.45) is 64.9. The van der Waals surface area contributed by atoms with E-state index in [4.69, 9.17) is 0 Å². The first kappa shape index (κ1) is 52.0. The van der Waals surface area contributed by atoms with Gasteiger partial charge in [0.05, 0.1) is 0 Å². The number of anilines is 1.